The van der Waals surface area contributed by atoms with Crippen LogP contribution in [0.1, 0.15) is 35.4 Å². The molecule has 5 nitrogen and oxygen atoms in total. The third-order valence-electron chi connectivity index (χ3n) is 3.59. The Hall–Kier alpha value is -1.88. The van der Waals surface area contributed by atoms with Gasteiger partial charge in [-0.05, 0) is 18.6 Å². The number of carbonyl (C=O) groups excluding carboxylic acids is 1. The summed E-state index contributed by atoms with van der Waals surface area (Å²) < 4.78 is 5.61. The summed E-state index contributed by atoms with van der Waals surface area (Å²) in [5.41, 5.74) is 2.60. The Morgan fingerprint density at radius 2 is 2.22 bits per heavy atom. The normalized spacial score (nSPS) is 32.5. The molecule has 3 heterocycles. The van der Waals surface area contributed by atoms with E-state index in [4.69, 9.17) is 9.57 Å². The van der Waals surface area contributed by atoms with E-state index in [1.807, 2.05) is 31.2 Å². The molecule has 0 bridgehead atoms. The van der Waals surface area contributed by atoms with E-state index in [1.54, 1.807) is 4.90 Å². The molecule has 0 spiro atoms. The van der Waals surface area contributed by atoms with Crippen LogP contribution in [0.15, 0.2) is 29.4 Å². The summed E-state index contributed by atoms with van der Waals surface area (Å²) in [5.74, 6) is -0.0285. The number of ether oxygens (including phenoxy) is 1. The quantitative estimate of drug-likeness (QED) is 0.706. The summed E-state index contributed by atoms with van der Waals surface area (Å²) >= 11 is 0. The van der Waals surface area contributed by atoms with Gasteiger partial charge in [0.25, 0.3) is 5.91 Å². The highest BCUT2D eigenvalue weighted by molar-refractivity contribution is 5.98. The van der Waals surface area contributed by atoms with Crippen LogP contribution in [-0.2, 0) is 9.57 Å². The van der Waals surface area contributed by atoms with Crippen LogP contribution in [0.2, 0.25) is 0 Å². The van der Waals surface area contributed by atoms with Crippen molar-refractivity contribution in [2.24, 2.45) is 5.16 Å². The predicted molar refractivity (Wildman–Crippen MR) is 62.8 cm³/mol. The van der Waals surface area contributed by atoms with E-state index in [0.29, 0.717) is 12.0 Å². The molecule has 92 valence electrons. The van der Waals surface area contributed by atoms with Gasteiger partial charge in [0.05, 0.1) is 5.71 Å². The molecule has 1 fully saturated rings. The molecule has 1 aromatic carbocycles. The number of fused-ring (bicyclic) bond motifs is 3. The lowest BCUT2D eigenvalue weighted by atomic mass is 9.98. The van der Waals surface area contributed by atoms with Crippen LogP contribution >= 0.6 is 0 Å². The Morgan fingerprint density at radius 3 is 3.00 bits per heavy atom. The lowest BCUT2D eigenvalue weighted by Gasteiger charge is -2.28. The summed E-state index contributed by atoms with van der Waals surface area (Å²) in [5, 5.41) is 3.90. The zero-order valence-corrected chi connectivity index (χ0v) is 9.87. The third-order valence-corrected chi connectivity index (χ3v) is 3.59. The van der Waals surface area contributed by atoms with Gasteiger partial charge in [-0.25, -0.2) is 0 Å². The fraction of sp³-hybridized carbons (Fsp3) is 0.385. The number of benzene rings is 1. The second-order valence-electron chi connectivity index (χ2n) is 4.84. The van der Waals surface area contributed by atoms with Crippen molar-refractivity contribution in [2.75, 3.05) is 0 Å². The minimum absolute atomic E-state index is 0.00315. The molecule has 1 amide bonds. The van der Waals surface area contributed by atoms with Crippen LogP contribution < -0.4 is 0 Å². The minimum Gasteiger partial charge on any atom is -0.370 e. The maximum absolute atomic E-state index is 12.5. The average molecular weight is 244 g/mol. The summed E-state index contributed by atoms with van der Waals surface area (Å²) in [7, 11) is 0. The van der Waals surface area contributed by atoms with Crippen molar-refractivity contribution in [3.8, 4) is 0 Å². The molecule has 0 N–H and O–H groups in total. The van der Waals surface area contributed by atoms with E-state index in [-0.39, 0.29) is 24.5 Å². The minimum atomic E-state index is -0.319. The van der Waals surface area contributed by atoms with Crippen molar-refractivity contribution >= 4 is 11.6 Å². The maximum Gasteiger partial charge on any atom is 0.259 e. The van der Waals surface area contributed by atoms with E-state index in [1.165, 1.54) is 0 Å². The van der Waals surface area contributed by atoms with Gasteiger partial charge in [0.15, 0.2) is 6.23 Å². The van der Waals surface area contributed by atoms with Gasteiger partial charge < -0.3 is 9.57 Å². The summed E-state index contributed by atoms with van der Waals surface area (Å²) in [4.78, 5) is 19.4. The third kappa shape index (κ3) is 1.25. The van der Waals surface area contributed by atoms with Crippen LogP contribution in [-0.4, -0.2) is 29.0 Å². The molecule has 3 aliphatic rings. The van der Waals surface area contributed by atoms with E-state index in [0.717, 1.165) is 11.3 Å². The van der Waals surface area contributed by atoms with E-state index >= 15 is 0 Å². The van der Waals surface area contributed by atoms with Crippen LogP contribution in [0.25, 0.3) is 0 Å². The Bertz CT molecular complexity index is 569. The van der Waals surface area contributed by atoms with Gasteiger partial charge in [0, 0.05) is 12.0 Å². The molecule has 18 heavy (non-hydrogen) atoms. The van der Waals surface area contributed by atoms with Gasteiger partial charge in [-0.1, -0.05) is 23.4 Å². The Labute approximate surface area is 104 Å². The van der Waals surface area contributed by atoms with Crippen molar-refractivity contribution in [3.63, 3.8) is 0 Å². The number of hydrogen-bond acceptors (Lipinski definition) is 4. The lowest BCUT2D eigenvalue weighted by Crippen LogP contribution is -2.45. The van der Waals surface area contributed by atoms with Gasteiger partial charge in [0.2, 0.25) is 6.23 Å². The summed E-state index contributed by atoms with van der Waals surface area (Å²) in [6, 6.07) is 7.59. The molecule has 3 aliphatic heterocycles. The lowest BCUT2D eigenvalue weighted by molar-refractivity contribution is -0.0428. The molecule has 0 saturated carbocycles. The fourth-order valence-corrected chi connectivity index (χ4v) is 2.66. The summed E-state index contributed by atoms with van der Waals surface area (Å²) in [6.45, 7) is 1.90. The highest BCUT2D eigenvalue weighted by atomic mass is 16.7. The molecule has 0 radical (unpaired) electrons. The van der Waals surface area contributed by atoms with Crippen molar-refractivity contribution < 1.29 is 14.4 Å². The van der Waals surface area contributed by atoms with Gasteiger partial charge in [-0.3, -0.25) is 9.69 Å². The zero-order chi connectivity index (χ0) is 12.3. The molecule has 3 atom stereocenters. The largest absolute Gasteiger partial charge is 0.370 e. The van der Waals surface area contributed by atoms with E-state index in [9.17, 15) is 4.79 Å². The Kier molecular flexibility index (Phi) is 1.86. The first-order valence-electron chi connectivity index (χ1n) is 6.02. The Balaban J connectivity index is 1.71. The topological polar surface area (TPSA) is 54.4 Å². The van der Waals surface area contributed by atoms with Crippen LogP contribution in [0, 0.1) is 0 Å². The van der Waals surface area contributed by atoms with Crippen molar-refractivity contribution in [1.82, 2.24) is 4.90 Å². The Morgan fingerprint density at radius 1 is 1.39 bits per heavy atom. The number of amides is 1. The van der Waals surface area contributed by atoms with E-state index in [2.05, 4.69) is 5.16 Å². The molecule has 0 aliphatic carbocycles. The molecule has 1 aromatic rings. The highest BCUT2D eigenvalue weighted by Gasteiger charge is 2.55. The average Bonchev–Trinajstić information content (AvgIpc) is 3.06. The summed E-state index contributed by atoms with van der Waals surface area (Å²) in [6.07, 6.45) is 0.156. The zero-order valence-electron chi connectivity index (χ0n) is 9.87. The molecule has 3 unspecified atom stereocenters. The SMILES string of the molecule is CC1=NOC(N2C(=O)c3ccccc3C3OC32)C1. The number of rotatable bonds is 1. The highest BCUT2D eigenvalue weighted by Crippen LogP contribution is 2.48. The van der Waals surface area contributed by atoms with Crippen molar-refractivity contribution in [2.45, 2.75) is 31.9 Å². The van der Waals surface area contributed by atoms with E-state index < -0.39 is 0 Å². The first-order valence-corrected chi connectivity index (χ1v) is 6.02. The fourth-order valence-electron chi connectivity index (χ4n) is 2.66. The van der Waals surface area contributed by atoms with Gasteiger partial charge in [-0.2, -0.15) is 0 Å². The molecule has 0 aromatic heterocycles. The van der Waals surface area contributed by atoms with Crippen LogP contribution in [0.5, 0.6) is 0 Å². The number of nitrogens with zero attached hydrogens (tertiary/aromatic N) is 2. The van der Waals surface area contributed by atoms with Gasteiger partial charge >= 0.3 is 0 Å². The number of oxime groups is 1. The monoisotopic (exact) mass is 244 g/mol. The second kappa shape index (κ2) is 3.32. The molecule has 1 saturated heterocycles. The van der Waals surface area contributed by atoms with Crippen molar-refractivity contribution in [1.29, 1.82) is 0 Å². The molecule has 4 rings (SSSR count). The molecular formula is C13H12N2O3. The molecule has 5 heteroatoms. The number of hydrogen-bond donors (Lipinski definition) is 0. The van der Waals surface area contributed by atoms with Crippen LogP contribution in [0.3, 0.4) is 0 Å². The van der Waals surface area contributed by atoms with Gasteiger partial charge in [0.1, 0.15) is 6.10 Å². The second-order valence-corrected chi connectivity index (χ2v) is 4.84. The number of epoxide rings is 1. The first-order chi connectivity index (χ1) is 8.75. The van der Waals surface area contributed by atoms with Crippen molar-refractivity contribution in [3.05, 3.63) is 35.4 Å². The smallest absolute Gasteiger partial charge is 0.259 e. The number of carbonyl (C=O) groups is 1. The first kappa shape index (κ1) is 10.1. The molecular weight excluding hydrogens is 232 g/mol. The predicted octanol–water partition coefficient (Wildman–Crippen LogP) is 1.66. The maximum atomic E-state index is 12.5. The van der Waals surface area contributed by atoms with Gasteiger partial charge in [-0.15, -0.1) is 0 Å². The standard InChI is InChI=1S/C13H12N2O3/c1-7-6-10(18-14-7)15-12(16)9-5-3-2-4-8(9)11-13(15)17-11/h2-5,10-11,13H,6H2,1H3. The van der Waals surface area contributed by atoms with Crippen LogP contribution in [0.4, 0.5) is 0 Å².